The summed E-state index contributed by atoms with van der Waals surface area (Å²) < 4.78 is 15.3. The number of aliphatic hydroxyl groups is 3. The van der Waals surface area contributed by atoms with Gasteiger partial charge in [0.2, 0.25) is 11.7 Å². The number of nitrogens with one attached hydrogen (secondary N) is 2. The number of amides is 2. The number of likely N-dealkylation sites (N-methyl/N-ethyl adjacent to an activating group) is 1. The maximum atomic E-state index is 15.3. The molecule has 1 aromatic carbocycles. The van der Waals surface area contributed by atoms with Gasteiger partial charge >= 0.3 is 0 Å². The number of phenols is 1. The maximum Gasteiger partial charge on any atom is 0.255 e. The molecule has 0 radical (unpaired) electrons. The summed E-state index contributed by atoms with van der Waals surface area (Å²) in [6.07, 6.45) is 0.970. The van der Waals surface area contributed by atoms with E-state index in [4.69, 9.17) is 5.73 Å². The Morgan fingerprint density at radius 2 is 1.85 bits per heavy atom. The molecule has 2 fully saturated rings. The predicted molar refractivity (Wildman–Crippen MR) is 148 cm³/mol. The monoisotopic (exact) mass is 616 g/mol. The molecule has 41 heavy (non-hydrogen) atoms. The molecule has 1 aliphatic heterocycles. The normalized spacial score (nSPS) is 28.8. The van der Waals surface area contributed by atoms with Gasteiger partial charge in [-0.25, -0.2) is 4.39 Å². The number of primary amides is 1. The molecule has 0 unspecified atom stereocenters. The van der Waals surface area contributed by atoms with E-state index in [0.717, 1.165) is 12.5 Å². The van der Waals surface area contributed by atoms with Crippen molar-refractivity contribution in [2.75, 3.05) is 26.0 Å². The van der Waals surface area contributed by atoms with Crippen LogP contribution in [0.4, 0.5) is 10.1 Å². The number of hydrogen-bond donors (Lipinski definition) is 7. The van der Waals surface area contributed by atoms with Crippen LogP contribution in [0, 0.1) is 17.7 Å². The fraction of sp³-hybridized carbons (Fsp3) is 0.462. The Morgan fingerprint density at radius 1 is 1.20 bits per heavy atom. The second-order valence-corrected chi connectivity index (χ2v) is 10.7. The van der Waals surface area contributed by atoms with Crippen LogP contribution in [0.2, 0.25) is 0 Å². The average molecular weight is 617 g/mol. The maximum absolute atomic E-state index is 15.3. The number of nitrogens with zero attached hydrogens (tertiary/aromatic N) is 1. The summed E-state index contributed by atoms with van der Waals surface area (Å²) in [4.78, 5) is 52.9. The van der Waals surface area contributed by atoms with Crippen LogP contribution in [-0.2, 0) is 25.6 Å². The number of phenolic OH excluding ortho intramolecular Hbond substituents is 1. The van der Waals surface area contributed by atoms with Crippen LogP contribution in [0.25, 0.3) is 5.76 Å². The van der Waals surface area contributed by atoms with Gasteiger partial charge in [-0.3, -0.25) is 24.1 Å². The molecule has 2 amide bonds. The van der Waals surface area contributed by atoms with E-state index >= 15 is 4.39 Å². The summed E-state index contributed by atoms with van der Waals surface area (Å²) in [5, 5.41) is 50.1. The van der Waals surface area contributed by atoms with Crippen LogP contribution < -0.4 is 16.4 Å². The molecule has 1 saturated carbocycles. The zero-order chi connectivity index (χ0) is 28.5. The van der Waals surface area contributed by atoms with Gasteiger partial charge in [-0.15, -0.1) is 24.8 Å². The summed E-state index contributed by atoms with van der Waals surface area (Å²) in [7, 11) is 2.98. The van der Waals surface area contributed by atoms with Gasteiger partial charge in [0.25, 0.3) is 5.91 Å². The van der Waals surface area contributed by atoms with Crippen LogP contribution in [0.15, 0.2) is 23.0 Å². The molecule has 0 bridgehead atoms. The Balaban J connectivity index is 0.00000231. The fourth-order valence-corrected chi connectivity index (χ4v) is 6.49. The number of nitrogens with two attached hydrogens (primary N) is 1. The number of halogens is 3. The third-order valence-corrected chi connectivity index (χ3v) is 8.30. The van der Waals surface area contributed by atoms with E-state index in [2.05, 4.69) is 10.6 Å². The highest BCUT2D eigenvalue weighted by atomic mass is 35.5. The summed E-state index contributed by atoms with van der Waals surface area (Å²) in [5.41, 5.74) is 0.325. The molecule has 3 aliphatic carbocycles. The van der Waals surface area contributed by atoms with Crippen molar-refractivity contribution in [2.45, 2.75) is 43.4 Å². The lowest BCUT2D eigenvalue weighted by molar-refractivity contribution is -0.153. The lowest BCUT2D eigenvalue weighted by Gasteiger charge is -2.50. The number of aliphatic hydroxyl groups excluding tert-OH is 2. The number of rotatable bonds is 4. The Bertz CT molecular complexity index is 1410. The van der Waals surface area contributed by atoms with Gasteiger partial charge in [0.1, 0.15) is 22.9 Å². The standard InChI is InChI=1S/C26H29FN4O8.2ClH/c1-31(2)18-11-7-9-6-10-12(27)8-14(30-25(38)13-4-3-5-29-13)19(32)16(10)20(33)15(9)22(35)26(11,39)23(36)17(21(18)34)24(28)37;;/h8-9,11,13,18,29,32-33,36,39H,3-7H2,1-2H3,(H2,28,37)(H,30,38);2*1H/t9-,11-,13+,18-,26-;;/m0../s1. The van der Waals surface area contributed by atoms with Gasteiger partial charge < -0.3 is 36.8 Å². The van der Waals surface area contributed by atoms with Crippen LogP contribution in [-0.4, -0.2) is 87.0 Å². The van der Waals surface area contributed by atoms with E-state index in [9.17, 15) is 39.6 Å². The van der Waals surface area contributed by atoms with Crippen LogP contribution in [0.1, 0.15) is 30.4 Å². The van der Waals surface area contributed by atoms with Crippen molar-refractivity contribution < 1.29 is 44.0 Å². The van der Waals surface area contributed by atoms with Gasteiger partial charge in [0, 0.05) is 23.1 Å². The lowest BCUT2D eigenvalue weighted by Crippen LogP contribution is -2.65. The second kappa shape index (κ2) is 11.2. The molecule has 0 aromatic heterocycles. The topological polar surface area (TPSA) is 203 Å². The van der Waals surface area contributed by atoms with Gasteiger partial charge in [0.05, 0.1) is 23.3 Å². The van der Waals surface area contributed by atoms with Crippen LogP contribution in [0.5, 0.6) is 5.75 Å². The largest absolute Gasteiger partial charge is 0.508 e. The summed E-state index contributed by atoms with van der Waals surface area (Å²) in [6, 6.07) is -0.845. The first kappa shape index (κ1) is 32.3. The molecule has 1 saturated heterocycles. The average Bonchev–Trinajstić information content (AvgIpc) is 3.39. The summed E-state index contributed by atoms with van der Waals surface area (Å²) >= 11 is 0. The van der Waals surface area contributed by atoms with Crippen molar-refractivity contribution in [3.63, 3.8) is 0 Å². The Hall–Kier alpha value is -3.23. The van der Waals surface area contributed by atoms with Crippen LogP contribution >= 0.6 is 24.8 Å². The van der Waals surface area contributed by atoms with Crippen molar-refractivity contribution in [1.82, 2.24) is 10.2 Å². The molecule has 5 rings (SSSR count). The number of benzene rings is 1. The van der Waals surface area contributed by atoms with E-state index in [-0.39, 0.29) is 48.9 Å². The zero-order valence-electron chi connectivity index (χ0n) is 22.1. The second-order valence-electron chi connectivity index (χ2n) is 10.7. The quantitative estimate of drug-likeness (QED) is 0.186. The molecule has 0 spiro atoms. The van der Waals surface area contributed by atoms with E-state index in [1.807, 2.05) is 0 Å². The smallest absolute Gasteiger partial charge is 0.255 e. The summed E-state index contributed by atoms with van der Waals surface area (Å²) in [5.74, 6) is -9.65. The third-order valence-electron chi connectivity index (χ3n) is 8.30. The van der Waals surface area contributed by atoms with Crippen molar-refractivity contribution >= 4 is 59.6 Å². The molecule has 1 heterocycles. The van der Waals surface area contributed by atoms with Gasteiger partial charge in [-0.05, 0) is 52.2 Å². The molecule has 12 nitrogen and oxygen atoms in total. The zero-order valence-corrected chi connectivity index (χ0v) is 23.7. The highest BCUT2D eigenvalue weighted by Gasteiger charge is 2.64. The molecular weight excluding hydrogens is 586 g/mol. The SMILES string of the molecule is CN(C)[C@@H]1C(=O)C(C(N)=O)=C(O)[C@@]2(O)C(=O)C3=C(O)c4c(O)c(NC(=O)[C@H]5CCCN5)cc(F)c4C[C@H]3C[C@@H]12.Cl.Cl. The number of hydrogen-bond acceptors (Lipinski definition) is 10. The van der Waals surface area contributed by atoms with Crippen LogP contribution in [0.3, 0.4) is 0 Å². The predicted octanol–water partition coefficient (Wildman–Crippen LogP) is 0.637. The highest BCUT2D eigenvalue weighted by Crippen LogP contribution is 2.53. The molecule has 8 N–H and O–H groups in total. The Labute approximate surface area is 246 Å². The van der Waals surface area contributed by atoms with Crippen molar-refractivity contribution in [1.29, 1.82) is 0 Å². The van der Waals surface area contributed by atoms with E-state index < -0.39 is 92.7 Å². The van der Waals surface area contributed by atoms with E-state index in [1.165, 1.54) is 19.0 Å². The number of Topliss-reactive ketones (excluding diaryl/α,β-unsaturated/α-hetero) is 2. The first-order valence-corrected chi connectivity index (χ1v) is 12.5. The molecule has 4 aliphatic rings. The highest BCUT2D eigenvalue weighted by molar-refractivity contribution is 6.24. The van der Waals surface area contributed by atoms with E-state index in [1.54, 1.807) is 0 Å². The van der Waals surface area contributed by atoms with E-state index in [0.29, 0.717) is 13.0 Å². The number of aromatic hydroxyl groups is 1. The number of fused-ring (bicyclic) bond motifs is 3. The minimum atomic E-state index is -2.79. The van der Waals surface area contributed by atoms with Crippen molar-refractivity contribution in [2.24, 2.45) is 17.6 Å². The third kappa shape index (κ3) is 4.65. The number of ketones is 2. The van der Waals surface area contributed by atoms with Gasteiger partial charge in [0.15, 0.2) is 17.1 Å². The lowest BCUT2D eigenvalue weighted by atomic mass is 9.57. The van der Waals surface area contributed by atoms with Gasteiger partial charge in [-0.2, -0.15) is 0 Å². The fourth-order valence-electron chi connectivity index (χ4n) is 6.49. The molecule has 5 atom stereocenters. The number of carbonyl (C=O) groups excluding carboxylic acids is 4. The van der Waals surface area contributed by atoms with Crippen molar-refractivity contribution in [3.05, 3.63) is 39.9 Å². The summed E-state index contributed by atoms with van der Waals surface area (Å²) in [6.45, 7) is 0.627. The number of carbonyl (C=O) groups is 4. The first-order valence-electron chi connectivity index (χ1n) is 12.5. The molecule has 15 heteroatoms. The Morgan fingerprint density at radius 3 is 2.41 bits per heavy atom. The minimum absolute atomic E-state index is 0. The van der Waals surface area contributed by atoms with Crippen molar-refractivity contribution in [3.8, 4) is 5.75 Å². The first-order chi connectivity index (χ1) is 18.3. The Kier molecular flexibility index (Phi) is 8.83. The van der Waals surface area contributed by atoms with Gasteiger partial charge in [-0.1, -0.05) is 0 Å². The molecule has 1 aromatic rings. The number of anilines is 1. The molecule has 224 valence electrons. The molecular formula is C26H31Cl2FN4O8. The minimum Gasteiger partial charge on any atom is -0.508 e.